The Morgan fingerprint density at radius 2 is 1.54 bits per heavy atom. The SMILES string of the molecule is COc1cc(CCc2cc(OC)c3c(c2)OCO3)cc(O)c1OC. The van der Waals surface area contributed by atoms with Gasteiger partial charge in [-0.2, -0.15) is 0 Å². The van der Waals surface area contributed by atoms with Gasteiger partial charge in [-0.3, -0.25) is 0 Å². The maximum absolute atomic E-state index is 10.0. The van der Waals surface area contributed by atoms with E-state index in [4.69, 9.17) is 23.7 Å². The standard InChI is InChI=1S/C18H20O6/c1-20-14-7-11(6-13(19)17(14)22-3)4-5-12-8-15(21-2)18-16(9-12)23-10-24-18/h6-9,19H,4-5,10H2,1-3H3. The van der Waals surface area contributed by atoms with Gasteiger partial charge >= 0.3 is 0 Å². The summed E-state index contributed by atoms with van der Waals surface area (Å²) in [5, 5.41) is 10.0. The minimum atomic E-state index is 0.0649. The predicted molar refractivity (Wildman–Crippen MR) is 87.7 cm³/mol. The van der Waals surface area contributed by atoms with E-state index in [9.17, 15) is 5.11 Å². The van der Waals surface area contributed by atoms with Gasteiger partial charge in [-0.25, -0.2) is 0 Å². The van der Waals surface area contributed by atoms with Gasteiger partial charge in [0.15, 0.2) is 23.0 Å². The van der Waals surface area contributed by atoms with E-state index in [-0.39, 0.29) is 12.5 Å². The molecule has 128 valence electrons. The molecule has 6 heteroatoms. The monoisotopic (exact) mass is 332 g/mol. The molecular formula is C18H20O6. The van der Waals surface area contributed by atoms with E-state index in [2.05, 4.69) is 0 Å². The van der Waals surface area contributed by atoms with Crippen molar-refractivity contribution in [3.63, 3.8) is 0 Å². The summed E-state index contributed by atoms with van der Waals surface area (Å²) in [6.07, 6.45) is 1.47. The molecule has 1 N–H and O–H groups in total. The lowest BCUT2D eigenvalue weighted by Gasteiger charge is -2.12. The van der Waals surface area contributed by atoms with Crippen LogP contribution >= 0.6 is 0 Å². The molecule has 0 amide bonds. The molecule has 0 saturated heterocycles. The van der Waals surface area contributed by atoms with Gasteiger partial charge in [-0.1, -0.05) is 0 Å². The van der Waals surface area contributed by atoms with Crippen LogP contribution in [0.1, 0.15) is 11.1 Å². The number of phenols is 1. The zero-order valence-corrected chi connectivity index (χ0v) is 13.9. The molecule has 1 aliphatic heterocycles. The van der Waals surface area contributed by atoms with Gasteiger partial charge in [0.2, 0.25) is 18.3 Å². The third kappa shape index (κ3) is 2.99. The lowest BCUT2D eigenvalue weighted by atomic mass is 10.0. The summed E-state index contributed by atoms with van der Waals surface area (Å²) in [4.78, 5) is 0. The molecule has 3 rings (SSSR count). The van der Waals surface area contributed by atoms with Crippen LogP contribution in [0.3, 0.4) is 0 Å². The fourth-order valence-electron chi connectivity index (χ4n) is 2.76. The summed E-state index contributed by atoms with van der Waals surface area (Å²) >= 11 is 0. The van der Waals surface area contributed by atoms with Crippen molar-refractivity contribution >= 4 is 0 Å². The molecule has 0 fully saturated rings. The number of aromatic hydroxyl groups is 1. The van der Waals surface area contributed by atoms with Crippen LogP contribution in [0.2, 0.25) is 0 Å². The van der Waals surface area contributed by atoms with Crippen molar-refractivity contribution < 1.29 is 28.8 Å². The molecule has 1 heterocycles. The molecule has 24 heavy (non-hydrogen) atoms. The molecule has 0 saturated carbocycles. The lowest BCUT2D eigenvalue weighted by Crippen LogP contribution is -1.96. The largest absolute Gasteiger partial charge is 0.504 e. The first-order chi connectivity index (χ1) is 11.7. The molecule has 1 aliphatic rings. The number of benzene rings is 2. The Hall–Kier alpha value is -2.76. The molecule has 2 aromatic carbocycles. The van der Waals surface area contributed by atoms with E-state index in [1.54, 1.807) is 20.3 Å². The van der Waals surface area contributed by atoms with Crippen molar-refractivity contribution in [1.29, 1.82) is 0 Å². The fourth-order valence-corrected chi connectivity index (χ4v) is 2.76. The van der Waals surface area contributed by atoms with Crippen molar-refractivity contribution in [2.24, 2.45) is 0 Å². The summed E-state index contributed by atoms with van der Waals surface area (Å²) < 4.78 is 26.6. The Morgan fingerprint density at radius 3 is 2.21 bits per heavy atom. The highest BCUT2D eigenvalue weighted by atomic mass is 16.7. The number of phenolic OH excluding ortho intramolecular Hbond substituents is 1. The Bertz CT molecular complexity index is 741. The smallest absolute Gasteiger partial charge is 0.231 e. The van der Waals surface area contributed by atoms with Crippen LogP contribution in [0.4, 0.5) is 0 Å². The van der Waals surface area contributed by atoms with E-state index in [1.165, 1.54) is 7.11 Å². The molecule has 0 atom stereocenters. The van der Waals surface area contributed by atoms with Crippen LogP contribution in [0.15, 0.2) is 24.3 Å². The molecule has 6 nitrogen and oxygen atoms in total. The van der Waals surface area contributed by atoms with Crippen LogP contribution in [-0.4, -0.2) is 33.2 Å². The second-order valence-corrected chi connectivity index (χ2v) is 5.38. The molecule has 0 aliphatic carbocycles. The van der Waals surface area contributed by atoms with Crippen LogP contribution in [0, 0.1) is 0 Å². The number of methoxy groups -OCH3 is 3. The third-order valence-corrected chi connectivity index (χ3v) is 3.94. The van der Waals surface area contributed by atoms with Crippen molar-refractivity contribution in [3.8, 4) is 34.5 Å². The second-order valence-electron chi connectivity index (χ2n) is 5.38. The average molecular weight is 332 g/mol. The van der Waals surface area contributed by atoms with Crippen molar-refractivity contribution in [2.75, 3.05) is 28.1 Å². The van der Waals surface area contributed by atoms with Gasteiger partial charge in [0.1, 0.15) is 0 Å². The molecule has 0 aromatic heterocycles. The van der Waals surface area contributed by atoms with Gasteiger partial charge in [-0.05, 0) is 48.2 Å². The summed E-state index contributed by atoms with van der Waals surface area (Å²) in [6.45, 7) is 0.207. The number of rotatable bonds is 6. The summed E-state index contributed by atoms with van der Waals surface area (Å²) in [6, 6.07) is 7.44. The number of hydrogen-bond donors (Lipinski definition) is 1. The highest BCUT2D eigenvalue weighted by molar-refractivity contribution is 5.56. The fraction of sp³-hybridized carbons (Fsp3) is 0.333. The predicted octanol–water partition coefficient (Wildman–Crippen LogP) is 2.93. The zero-order chi connectivity index (χ0) is 17.1. The van der Waals surface area contributed by atoms with E-state index in [1.807, 2.05) is 18.2 Å². The zero-order valence-electron chi connectivity index (χ0n) is 13.9. The van der Waals surface area contributed by atoms with Crippen LogP contribution in [0.25, 0.3) is 0 Å². The minimum Gasteiger partial charge on any atom is -0.504 e. The Labute approximate surface area is 140 Å². The molecule has 2 aromatic rings. The van der Waals surface area contributed by atoms with Gasteiger partial charge in [0, 0.05) is 0 Å². The maximum atomic E-state index is 10.0. The average Bonchev–Trinajstić information content (AvgIpc) is 3.07. The van der Waals surface area contributed by atoms with Crippen molar-refractivity contribution in [2.45, 2.75) is 12.8 Å². The minimum absolute atomic E-state index is 0.0649. The van der Waals surface area contributed by atoms with Crippen LogP contribution in [0.5, 0.6) is 34.5 Å². The van der Waals surface area contributed by atoms with Crippen molar-refractivity contribution in [1.82, 2.24) is 0 Å². The maximum Gasteiger partial charge on any atom is 0.231 e. The molecule has 0 spiro atoms. The first-order valence-corrected chi connectivity index (χ1v) is 7.56. The van der Waals surface area contributed by atoms with E-state index in [0.717, 1.165) is 24.0 Å². The first kappa shape index (κ1) is 16.1. The lowest BCUT2D eigenvalue weighted by molar-refractivity contribution is 0.171. The quantitative estimate of drug-likeness (QED) is 0.877. The Balaban J connectivity index is 1.80. The normalized spacial score (nSPS) is 12.1. The second kappa shape index (κ2) is 6.78. The number of hydrogen-bond acceptors (Lipinski definition) is 6. The summed E-state index contributed by atoms with van der Waals surface area (Å²) in [5.74, 6) is 2.91. The highest BCUT2D eigenvalue weighted by Gasteiger charge is 2.20. The van der Waals surface area contributed by atoms with Gasteiger partial charge < -0.3 is 28.8 Å². The van der Waals surface area contributed by atoms with E-state index >= 15 is 0 Å². The summed E-state index contributed by atoms with van der Waals surface area (Å²) in [5.41, 5.74) is 2.01. The highest BCUT2D eigenvalue weighted by Crippen LogP contribution is 2.42. The van der Waals surface area contributed by atoms with Gasteiger partial charge in [0.25, 0.3) is 0 Å². The van der Waals surface area contributed by atoms with Crippen molar-refractivity contribution in [3.05, 3.63) is 35.4 Å². The first-order valence-electron chi connectivity index (χ1n) is 7.56. The van der Waals surface area contributed by atoms with Crippen LogP contribution in [-0.2, 0) is 12.8 Å². The topological polar surface area (TPSA) is 66.4 Å². The molecular weight excluding hydrogens is 312 g/mol. The molecule has 0 radical (unpaired) electrons. The number of fused-ring (bicyclic) bond motifs is 1. The Morgan fingerprint density at radius 1 is 0.875 bits per heavy atom. The Kier molecular flexibility index (Phi) is 4.55. The molecule has 0 unspecified atom stereocenters. The van der Waals surface area contributed by atoms with E-state index in [0.29, 0.717) is 28.7 Å². The van der Waals surface area contributed by atoms with Crippen LogP contribution < -0.4 is 23.7 Å². The van der Waals surface area contributed by atoms with E-state index < -0.39 is 0 Å². The summed E-state index contributed by atoms with van der Waals surface area (Å²) in [7, 11) is 4.65. The van der Waals surface area contributed by atoms with Gasteiger partial charge in [0.05, 0.1) is 21.3 Å². The molecule has 0 bridgehead atoms. The number of ether oxygens (including phenoxy) is 5. The third-order valence-electron chi connectivity index (χ3n) is 3.94. The number of aryl methyl sites for hydroxylation is 2. The van der Waals surface area contributed by atoms with Gasteiger partial charge in [-0.15, -0.1) is 0 Å².